The average Bonchev–Trinajstić information content (AvgIpc) is 2.84. The number of carbonyl (C=O) groups excluding carboxylic acids is 2. The number of ether oxygens (including phenoxy) is 1. The third-order valence-electron chi connectivity index (χ3n) is 6.24. The third kappa shape index (κ3) is 7.92. The van der Waals surface area contributed by atoms with Crippen LogP contribution in [-0.2, 0) is 16.1 Å². The van der Waals surface area contributed by atoms with E-state index in [1.165, 1.54) is 6.42 Å². The van der Waals surface area contributed by atoms with E-state index in [1.54, 1.807) is 17.0 Å². The van der Waals surface area contributed by atoms with E-state index >= 15 is 0 Å². The highest BCUT2D eigenvalue weighted by molar-refractivity contribution is 6.35. The first-order valence-corrected chi connectivity index (χ1v) is 12.9. The van der Waals surface area contributed by atoms with E-state index in [0.717, 1.165) is 37.0 Å². The molecule has 0 bridgehead atoms. The molecule has 2 aromatic rings. The van der Waals surface area contributed by atoms with Crippen LogP contribution in [0.1, 0.15) is 63.9 Å². The standard InChI is InChI=1S/C27H34Cl2N2O3/c1-2-25(27(33)30-22-10-5-3-6-11-22)31(19-20-15-16-21(28)18-24(20)29)26(32)14-9-17-34-23-12-7-4-8-13-23/h4,7-8,12-13,15-16,18,22,25H,2-3,5-6,9-11,14,17,19H2,1H3,(H,30,33)/t25-/m1/s1. The van der Waals surface area contributed by atoms with Gasteiger partial charge in [0.05, 0.1) is 6.61 Å². The van der Waals surface area contributed by atoms with Crippen LogP contribution in [0, 0.1) is 0 Å². The molecule has 2 aromatic carbocycles. The van der Waals surface area contributed by atoms with Gasteiger partial charge in [0.25, 0.3) is 0 Å². The summed E-state index contributed by atoms with van der Waals surface area (Å²) in [6, 6.07) is 14.4. The van der Waals surface area contributed by atoms with Crippen molar-refractivity contribution in [2.24, 2.45) is 0 Å². The van der Waals surface area contributed by atoms with Crippen LogP contribution < -0.4 is 10.1 Å². The number of halogens is 2. The van der Waals surface area contributed by atoms with Crippen LogP contribution in [0.3, 0.4) is 0 Å². The summed E-state index contributed by atoms with van der Waals surface area (Å²) in [5.74, 6) is 0.597. The van der Waals surface area contributed by atoms with Crippen molar-refractivity contribution in [1.29, 1.82) is 0 Å². The molecule has 0 spiro atoms. The Kier molecular flexibility index (Phi) is 10.5. The summed E-state index contributed by atoms with van der Waals surface area (Å²) >= 11 is 12.5. The minimum absolute atomic E-state index is 0.0895. The largest absolute Gasteiger partial charge is 0.494 e. The molecule has 0 radical (unpaired) electrons. The molecule has 1 fully saturated rings. The summed E-state index contributed by atoms with van der Waals surface area (Å²) in [5, 5.41) is 4.21. The van der Waals surface area contributed by atoms with Crippen LogP contribution in [0.4, 0.5) is 0 Å². The molecule has 3 rings (SSSR count). The van der Waals surface area contributed by atoms with E-state index in [-0.39, 0.29) is 30.8 Å². The minimum Gasteiger partial charge on any atom is -0.494 e. The van der Waals surface area contributed by atoms with Crippen molar-refractivity contribution in [2.75, 3.05) is 6.61 Å². The summed E-state index contributed by atoms with van der Waals surface area (Å²) in [5.41, 5.74) is 0.767. The molecular weight excluding hydrogens is 471 g/mol. The number of nitrogens with zero attached hydrogens (tertiary/aromatic N) is 1. The fraction of sp³-hybridized carbons (Fsp3) is 0.481. The monoisotopic (exact) mass is 504 g/mol. The Morgan fingerprint density at radius 1 is 1.09 bits per heavy atom. The van der Waals surface area contributed by atoms with Crippen molar-refractivity contribution in [2.45, 2.75) is 76.9 Å². The van der Waals surface area contributed by atoms with E-state index < -0.39 is 6.04 Å². The van der Waals surface area contributed by atoms with Gasteiger partial charge in [-0.05, 0) is 55.5 Å². The Bertz CT molecular complexity index is 933. The Morgan fingerprint density at radius 2 is 1.82 bits per heavy atom. The predicted octanol–water partition coefficient (Wildman–Crippen LogP) is 6.41. The van der Waals surface area contributed by atoms with Crippen molar-refractivity contribution >= 4 is 35.0 Å². The number of carbonyl (C=O) groups is 2. The lowest BCUT2D eigenvalue weighted by Crippen LogP contribution is -2.51. The molecule has 7 heteroatoms. The van der Waals surface area contributed by atoms with Gasteiger partial charge in [0.2, 0.25) is 11.8 Å². The van der Waals surface area contributed by atoms with Crippen molar-refractivity contribution in [3.05, 3.63) is 64.1 Å². The first-order chi connectivity index (χ1) is 16.5. The molecule has 0 unspecified atom stereocenters. The summed E-state index contributed by atoms with van der Waals surface area (Å²) < 4.78 is 5.74. The summed E-state index contributed by atoms with van der Waals surface area (Å²) in [6.45, 7) is 2.62. The highest BCUT2D eigenvalue weighted by Crippen LogP contribution is 2.25. The van der Waals surface area contributed by atoms with E-state index in [0.29, 0.717) is 29.5 Å². The number of hydrogen-bond acceptors (Lipinski definition) is 3. The lowest BCUT2D eigenvalue weighted by atomic mass is 9.95. The van der Waals surface area contributed by atoms with Gasteiger partial charge in [-0.1, -0.05) is 73.7 Å². The predicted molar refractivity (Wildman–Crippen MR) is 137 cm³/mol. The van der Waals surface area contributed by atoms with Gasteiger partial charge in [-0.15, -0.1) is 0 Å². The van der Waals surface area contributed by atoms with Crippen LogP contribution >= 0.6 is 23.2 Å². The zero-order valence-electron chi connectivity index (χ0n) is 19.8. The van der Waals surface area contributed by atoms with Gasteiger partial charge in [-0.3, -0.25) is 9.59 Å². The number of rotatable bonds is 11. The molecule has 1 saturated carbocycles. The van der Waals surface area contributed by atoms with Crippen LogP contribution in [0.25, 0.3) is 0 Å². The fourth-order valence-corrected chi connectivity index (χ4v) is 4.84. The summed E-state index contributed by atoms with van der Waals surface area (Å²) in [4.78, 5) is 28.3. The Hall–Kier alpha value is -2.24. The first-order valence-electron chi connectivity index (χ1n) is 12.2. The third-order valence-corrected chi connectivity index (χ3v) is 6.83. The molecule has 1 aliphatic carbocycles. The summed E-state index contributed by atoms with van der Waals surface area (Å²) in [7, 11) is 0. The molecule has 34 heavy (non-hydrogen) atoms. The number of nitrogens with one attached hydrogen (secondary N) is 1. The maximum Gasteiger partial charge on any atom is 0.243 e. The molecule has 0 saturated heterocycles. The molecular formula is C27H34Cl2N2O3. The van der Waals surface area contributed by atoms with Crippen LogP contribution in [-0.4, -0.2) is 35.4 Å². The second-order valence-electron chi connectivity index (χ2n) is 8.79. The molecule has 0 heterocycles. The maximum atomic E-state index is 13.4. The fourth-order valence-electron chi connectivity index (χ4n) is 4.37. The van der Waals surface area contributed by atoms with E-state index in [4.69, 9.17) is 27.9 Å². The Balaban J connectivity index is 1.68. The SMILES string of the molecule is CC[C@H](C(=O)NC1CCCCC1)N(Cc1ccc(Cl)cc1Cl)C(=O)CCCOc1ccccc1. The number of para-hydroxylation sites is 1. The molecule has 184 valence electrons. The van der Waals surface area contributed by atoms with Crippen LogP contribution in [0.15, 0.2) is 48.5 Å². The molecule has 5 nitrogen and oxygen atoms in total. The quantitative estimate of drug-likeness (QED) is 0.359. The molecule has 2 amide bonds. The first kappa shape index (κ1) is 26.4. The minimum atomic E-state index is -0.559. The number of benzene rings is 2. The molecule has 1 N–H and O–H groups in total. The smallest absolute Gasteiger partial charge is 0.243 e. The van der Waals surface area contributed by atoms with E-state index in [9.17, 15) is 9.59 Å². The van der Waals surface area contributed by atoms with Gasteiger partial charge >= 0.3 is 0 Å². The van der Waals surface area contributed by atoms with Crippen molar-refractivity contribution in [1.82, 2.24) is 10.2 Å². The summed E-state index contributed by atoms with van der Waals surface area (Å²) in [6.07, 6.45) is 6.83. The average molecular weight is 505 g/mol. The van der Waals surface area contributed by atoms with Crippen molar-refractivity contribution in [3.63, 3.8) is 0 Å². The number of hydrogen-bond donors (Lipinski definition) is 1. The maximum absolute atomic E-state index is 13.4. The molecule has 0 aromatic heterocycles. The molecule has 1 atom stereocenters. The zero-order valence-corrected chi connectivity index (χ0v) is 21.3. The highest BCUT2D eigenvalue weighted by atomic mass is 35.5. The highest BCUT2D eigenvalue weighted by Gasteiger charge is 2.30. The van der Waals surface area contributed by atoms with Gasteiger partial charge < -0.3 is 15.0 Å². The normalized spacial score (nSPS) is 14.9. The Morgan fingerprint density at radius 3 is 2.50 bits per heavy atom. The van der Waals surface area contributed by atoms with Gasteiger partial charge in [0.15, 0.2) is 0 Å². The number of amides is 2. The van der Waals surface area contributed by atoms with Gasteiger partial charge in [0, 0.05) is 29.1 Å². The molecule has 1 aliphatic rings. The van der Waals surface area contributed by atoms with E-state index in [2.05, 4.69) is 5.32 Å². The van der Waals surface area contributed by atoms with Gasteiger partial charge in [-0.2, -0.15) is 0 Å². The zero-order chi connectivity index (χ0) is 24.3. The van der Waals surface area contributed by atoms with Crippen LogP contribution in [0.5, 0.6) is 5.75 Å². The van der Waals surface area contributed by atoms with Crippen molar-refractivity contribution in [3.8, 4) is 5.75 Å². The molecule has 0 aliphatic heterocycles. The lowest BCUT2D eigenvalue weighted by Gasteiger charge is -2.33. The van der Waals surface area contributed by atoms with E-state index in [1.807, 2.05) is 43.3 Å². The lowest BCUT2D eigenvalue weighted by molar-refractivity contribution is -0.142. The van der Waals surface area contributed by atoms with Crippen molar-refractivity contribution < 1.29 is 14.3 Å². The van der Waals surface area contributed by atoms with Gasteiger partial charge in [-0.25, -0.2) is 0 Å². The van der Waals surface area contributed by atoms with Gasteiger partial charge in [0.1, 0.15) is 11.8 Å². The second-order valence-corrected chi connectivity index (χ2v) is 9.63. The topological polar surface area (TPSA) is 58.6 Å². The van der Waals surface area contributed by atoms with Crippen LogP contribution in [0.2, 0.25) is 10.0 Å². The Labute approximate surface area is 212 Å². The second kappa shape index (κ2) is 13.6.